The van der Waals surface area contributed by atoms with Crippen LogP contribution in [0.4, 0.5) is 0 Å². The van der Waals surface area contributed by atoms with E-state index in [0.29, 0.717) is 0 Å². The van der Waals surface area contributed by atoms with Gasteiger partial charge in [-0.1, -0.05) is 0 Å². The highest BCUT2D eigenvalue weighted by Crippen LogP contribution is 2.37. The van der Waals surface area contributed by atoms with Crippen LogP contribution in [-0.2, 0) is 14.3 Å². The van der Waals surface area contributed by atoms with Crippen LogP contribution in [0, 0.1) is 0 Å². The van der Waals surface area contributed by atoms with E-state index in [0.717, 1.165) is 37.3 Å². The van der Waals surface area contributed by atoms with Crippen LogP contribution in [0.25, 0.3) is 0 Å². The first-order chi connectivity index (χ1) is 14.6. The van der Waals surface area contributed by atoms with Crippen molar-refractivity contribution < 1.29 is 54.4 Å². The molecule has 1 heterocycles. The number of phenolic OH excluding ortho intramolecular Hbond substituents is 4. The van der Waals surface area contributed by atoms with Crippen LogP contribution in [0.5, 0.6) is 28.7 Å². The lowest BCUT2D eigenvalue weighted by molar-refractivity contribution is -0.247. The predicted molar refractivity (Wildman–Crippen MR) is 101 cm³/mol. The van der Waals surface area contributed by atoms with E-state index in [9.17, 15) is 40.2 Å². The molecule has 1 saturated heterocycles. The zero-order valence-electron chi connectivity index (χ0n) is 16.1. The molecular formula is C20H20O11. The molecule has 1 aliphatic rings. The molecule has 2 aromatic carbocycles. The van der Waals surface area contributed by atoms with Gasteiger partial charge >= 0.3 is 5.97 Å². The first-order valence-corrected chi connectivity index (χ1v) is 9.02. The van der Waals surface area contributed by atoms with Crippen molar-refractivity contribution in [1.29, 1.82) is 0 Å². The average molecular weight is 436 g/mol. The van der Waals surface area contributed by atoms with Crippen LogP contribution in [0.2, 0.25) is 0 Å². The minimum Gasteiger partial charge on any atom is -0.508 e. The first kappa shape index (κ1) is 22.2. The van der Waals surface area contributed by atoms with E-state index in [1.165, 1.54) is 0 Å². The highest BCUT2D eigenvalue weighted by Gasteiger charge is 2.42. The second-order valence-electron chi connectivity index (χ2n) is 6.85. The van der Waals surface area contributed by atoms with E-state index < -0.39 is 70.7 Å². The van der Waals surface area contributed by atoms with E-state index in [4.69, 9.17) is 14.2 Å². The van der Waals surface area contributed by atoms with Gasteiger partial charge < -0.3 is 44.8 Å². The third kappa shape index (κ3) is 4.79. The molecule has 0 aliphatic carbocycles. The minimum atomic E-state index is -1.71. The number of aliphatic hydroxyl groups excluding tert-OH is 2. The van der Waals surface area contributed by atoms with Gasteiger partial charge in [0.25, 0.3) is 0 Å². The van der Waals surface area contributed by atoms with Gasteiger partial charge in [0.05, 0.1) is 6.61 Å². The molecule has 0 amide bonds. The first-order valence-electron chi connectivity index (χ1n) is 9.02. The maximum absolute atomic E-state index is 12.9. The number of ketones is 1. The fourth-order valence-corrected chi connectivity index (χ4v) is 3.09. The molecule has 166 valence electrons. The van der Waals surface area contributed by atoms with Crippen molar-refractivity contribution in [2.45, 2.75) is 31.5 Å². The molecule has 2 aromatic rings. The highest BCUT2D eigenvalue weighted by atomic mass is 16.7. The molecule has 6 N–H and O–H groups in total. The summed E-state index contributed by atoms with van der Waals surface area (Å²) in [6, 6.07) is 4.91. The van der Waals surface area contributed by atoms with Crippen molar-refractivity contribution >= 4 is 11.8 Å². The van der Waals surface area contributed by atoms with Gasteiger partial charge in [-0.3, -0.25) is 9.59 Å². The van der Waals surface area contributed by atoms with E-state index in [1.807, 2.05) is 0 Å². The molecule has 31 heavy (non-hydrogen) atoms. The quantitative estimate of drug-likeness (QED) is 0.277. The van der Waals surface area contributed by atoms with Crippen molar-refractivity contribution in [2.75, 3.05) is 6.61 Å². The molecule has 0 aromatic heterocycles. The summed E-state index contributed by atoms with van der Waals surface area (Å²) in [5.74, 6) is -3.98. The Hall–Kier alpha value is -3.54. The SMILES string of the molecule is CC(=O)O[C@@H]1CO[C@@H](Oc2cc(O)cc(O)c2C(=O)c2cc(O)cc(O)c2)[C@H](O)[C@H]1O. The van der Waals surface area contributed by atoms with Crippen LogP contribution in [0.1, 0.15) is 22.8 Å². The van der Waals surface area contributed by atoms with Crippen molar-refractivity contribution in [3.05, 3.63) is 41.5 Å². The van der Waals surface area contributed by atoms with Gasteiger partial charge in [-0.2, -0.15) is 0 Å². The fourth-order valence-electron chi connectivity index (χ4n) is 3.09. The van der Waals surface area contributed by atoms with Crippen LogP contribution in [0.3, 0.4) is 0 Å². The summed E-state index contributed by atoms with van der Waals surface area (Å²) >= 11 is 0. The molecule has 0 radical (unpaired) electrons. The summed E-state index contributed by atoms with van der Waals surface area (Å²) in [7, 11) is 0. The van der Waals surface area contributed by atoms with Crippen molar-refractivity contribution in [3.8, 4) is 28.7 Å². The maximum Gasteiger partial charge on any atom is 0.303 e. The fraction of sp³-hybridized carbons (Fsp3) is 0.300. The molecule has 11 heteroatoms. The molecule has 3 rings (SSSR count). The Morgan fingerprint density at radius 2 is 1.55 bits per heavy atom. The number of hydrogen-bond acceptors (Lipinski definition) is 11. The van der Waals surface area contributed by atoms with Gasteiger partial charge in [0, 0.05) is 30.7 Å². The molecule has 11 nitrogen and oxygen atoms in total. The van der Waals surface area contributed by atoms with Crippen LogP contribution >= 0.6 is 0 Å². The molecule has 4 atom stereocenters. The van der Waals surface area contributed by atoms with Gasteiger partial charge in [0.2, 0.25) is 12.1 Å². The summed E-state index contributed by atoms with van der Waals surface area (Å²) in [5.41, 5.74) is -0.668. The van der Waals surface area contributed by atoms with E-state index in [1.54, 1.807) is 0 Å². The Balaban J connectivity index is 1.92. The molecule has 0 bridgehead atoms. The molecule has 0 spiro atoms. The number of ether oxygens (including phenoxy) is 3. The molecule has 0 saturated carbocycles. The number of hydrogen-bond donors (Lipinski definition) is 6. The lowest BCUT2D eigenvalue weighted by Gasteiger charge is -2.36. The smallest absolute Gasteiger partial charge is 0.303 e. The van der Waals surface area contributed by atoms with Gasteiger partial charge in [-0.05, 0) is 12.1 Å². The van der Waals surface area contributed by atoms with Crippen molar-refractivity contribution in [3.63, 3.8) is 0 Å². The Labute approximate surface area is 175 Å². The molecular weight excluding hydrogens is 416 g/mol. The monoisotopic (exact) mass is 436 g/mol. The Kier molecular flexibility index (Phi) is 6.20. The third-order valence-corrected chi connectivity index (χ3v) is 4.45. The van der Waals surface area contributed by atoms with Crippen LogP contribution in [-0.4, -0.2) is 73.6 Å². The number of aliphatic hydroxyl groups is 2. The second-order valence-corrected chi connectivity index (χ2v) is 6.85. The van der Waals surface area contributed by atoms with Crippen molar-refractivity contribution in [2.24, 2.45) is 0 Å². The number of aromatic hydroxyl groups is 4. The molecule has 0 unspecified atom stereocenters. The van der Waals surface area contributed by atoms with Gasteiger partial charge in [-0.25, -0.2) is 0 Å². The highest BCUT2D eigenvalue weighted by molar-refractivity contribution is 6.13. The summed E-state index contributed by atoms with van der Waals surface area (Å²) in [5, 5.41) is 59.7. The number of carbonyl (C=O) groups is 2. The predicted octanol–water partition coefficient (Wildman–Crippen LogP) is 0.129. The van der Waals surface area contributed by atoms with E-state index >= 15 is 0 Å². The topological polar surface area (TPSA) is 183 Å². The summed E-state index contributed by atoms with van der Waals surface area (Å²) in [6.07, 6.45) is -5.99. The van der Waals surface area contributed by atoms with Gasteiger partial charge in [0.1, 0.15) is 46.5 Å². The zero-order valence-corrected chi connectivity index (χ0v) is 16.1. The largest absolute Gasteiger partial charge is 0.508 e. The number of benzene rings is 2. The lowest BCUT2D eigenvalue weighted by Crippen LogP contribution is -2.56. The van der Waals surface area contributed by atoms with Crippen LogP contribution in [0.15, 0.2) is 30.3 Å². The normalized spacial score (nSPS) is 23.2. The number of carbonyl (C=O) groups excluding carboxylic acids is 2. The maximum atomic E-state index is 12.9. The third-order valence-electron chi connectivity index (χ3n) is 4.45. The van der Waals surface area contributed by atoms with Crippen molar-refractivity contribution in [1.82, 2.24) is 0 Å². The second kappa shape index (κ2) is 8.68. The number of rotatable bonds is 5. The van der Waals surface area contributed by atoms with Gasteiger partial charge in [0.15, 0.2) is 6.10 Å². The minimum absolute atomic E-state index is 0.205. The summed E-state index contributed by atoms with van der Waals surface area (Å²) in [6.45, 7) is 0.783. The average Bonchev–Trinajstić information content (AvgIpc) is 2.66. The summed E-state index contributed by atoms with van der Waals surface area (Å²) < 4.78 is 15.6. The summed E-state index contributed by atoms with van der Waals surface area (Å²) in [4.78, 5) is 24.0. The van der Waals surface area contributed by atoms with E-state index in [2.05, 4.69) is 0 Å². The van der Waals surface area contributed by atoms with Crippen LogP contribution < -0.4 is 4.74 Å². The van der Waals surface area contributed by atoms with E-state index in [-0.39, 0.29) is 12.2 Å². The standard InChI is InChI=1S/C20H20O11/c1-8(21)30-15-7-29-20(19(28)18(15)27)31-14-6-12(24)5-13(25)16(14)17(26)9-2-10(22)4-11(23)3-9/h2-6,15,18-20,22-25,27-28H,7H2,1H3/t15-,18+,19-,20+/m1/s1. The van der Waals surface area contributed by atoms with Gasteiger partial charge in [-0.15, -0.1) is 0 Å². The Bertz CT molecular complexity index is 983. The molecule has 1 fully saturated rings. The molecule has 1 aliphatic heterocycles. The Morgan fingerprint density at radius 3 is 2.16 bits per heavy atom. The zero-order chi connectivity index (χ0) is 22.9. The number of esters is 1. The lowest BCUT2D eigenvalue weighted by atomic mass is 10.00. The Morgan fingerprint density at radius 1 is 0.935 bits per heavy atom. The number of phenols is 4.